The van der Waals surface area contributed by atoms with Gasteiger partial charge in [0.25, 0.3) is 0 Å². The molecule has 0 spiro atoms. The summed E-state index contributed by atoms with van der Waals surface area (Å²) in [6.07, 6.45) is 0.800. The van der Waals surface area contributed by atoms with Crippen LogP contribution in [-0.4, -0.2) is 9.78 Å². The van der Waals surface area contributed by atoms with Crippen molar-refractivity contribution < 1.29 is 4.74 Å². The number of aromatic nitrogens is 2. The van der Waals surface area contributed by atoms with E-state index in [1.54, 1.807) is 4.68 Å². The quantitative estimate of drug-likeness (QED) is 0.863. The van der Waals surface area contributed by atoms with Crippen LogP contribution in [0.4, 0.5) is 0 Å². The Labute approximate surface area is 138 Å². The molecular weight excluding hydrogens is 354 g/mol. The molecule has 2 rings (SSSR count). The Hall–Kier alpha value is -1.04. The fraction of sp³-hybridized carbons (Fsp3) is 0.400. The van der Waals surface area contributed by atoms with Crippen LogP contribution in [0.3, 0.4) is 0 Å². The first-order chi connectivity index (χ1) is 9.93. The molecule has 21 heavy (non-hydrogen) atoms. The first-order valence-electron chi connectivity index (χ1n) is 6.82. The molecule has 2 N–H and O–H groups in total. The molecule has 4 nitrogen and oxygen atoms in total. The first-order valence-corrected chi connectivity index (χ1v) is 7.99. The third-order valence-corrected chi connectivity index (χ3v) is 4.26. The van der Waals surface area contributed by atoms with Crippen LogP contribution < -0.4 is 10.5 Å². The van der Waals surface area contributed by atoms with Gasteiger partial charge in [0.15, 0.2) is 0 Å². The molecule has 6 heteroatoms. The Bertz CT molecular complexity index is 640. The molecule has 0 radical (unpaired) electrons. The Balaban J connectivity index is 2.24. The maximum absolute atomic E-state index is 6.33. The summed E-state index contributed by atoms with van der Waals surface area (Å²) in [5.74, 6) is 0.759. The van der Waals surface area contributed by atoms with Crippen molar-refractivity contribution >= 4 is 27.5 Å². The van der Waals surface area contributed by atoms with Gasteiger partial charge in [0.1, 0.15) is 12.4 Å². The van der Waals surface area contributed by atoms with Crippen LogP contribution in [-0.2, 0) is 20.1 Å². The van der Waals surface area contributed by atoms with Crippen LogP contribution in [0.2, 0.25) is 5.02 Å². The second-order valence-electron chi connectivity index (χ2n) is 4.94. The third kappa shape index (κ3) is 3.59. The van der Waals surface area contributed by atoms with Gasteiger partial charge in [-0.25, -0.2) is 0 Å². The Kier molecular flexibility index (Phi) is 5.30. The van der Waals surface area contributed by atoms with Crippen LogP contribution >= 0.6 is 27.5 Å². The summed E-state index contributed by atoms with van der Waals surface area (Å²) >= 11 is 9.78. The van der Waals surface area contributed by atoms with Crippen LogP contribution in [0.1, 0.15) is 36.8 Å². The molecule has 0 aliphatic heterocycles. The third-order valence-electron chi connectivity index (χ3n) is 3.33. The zero-order valence-electron chi connectivity index (χ0n) is 12.4. The van der Waals surface area contributed by atoms with E-state index in [2.05, 4.69) is 21.0 Å². The highest BCUT2D eigenvalue weighted by Gasteiger charge is 2.15. The lowest BCUT2D eigenvalue weighted by atomic mass is 10.1. The van der Waals surface area contributed by atoms with Gasteiger partial charge in [-0.15, -0.1) is 0 Å². The molecule has 1 aromatic carbocycles. The first kappa shape index (κ1) is 16.3. The van der Waals surface area contributed by atoms with Gasteiger partial charge < -0.3 is 10.5 Å². The largest absolute Gasteiger partial charge is 0.487 e. The number of aryl methyl sites for hydroxylation is 2. The highest BCUT2D eigenvalue weighted by Crippen LogP contribution is 2.29. The molecular formula is C15H19BrClN3O. The van der Waals surface area contributed by atoms with E-state index in [9.17, 15) is 0 Å². The van der Waals surface area contributed by atoms with Gasteiger partial charge in [0, 0.05) is 23.1 Å². The maximum Gasteiger partial charge on any atom is 0.131 e. The van der Waals surface area contributed by atoms with Crippen LogP contribution in [0.5, 0.6) is 5.75 Å². The topological polar surface area (TPSA) is 53.1 Å². The minimum Gasteiger partial charge on any atom is -0.487 e. The average molecular weight is 373 g/mol. The minimum atomic E-state index is -0.0960. The van der Waals surface area contributed by atoms with Crippen molar-refractivity contribution in [3.63, 3.8) is 0 Å². The van der Waals surface area contributed by atoms with Gasteiger partial charge in [0.2, 0.25) is 0 Å². The van der Waals surface area contributed by atoms with Crippen molar-refractivity contribution in [3.05, 3.63) is 44.6 Å². The lowest BCUT2D eigenvalue weighted by Gasteiger charge is -2.14. The number of ether oxygens (including phenoxy) is 1. The number of benzene rings is 1. The van der Waals surface area contributed by atoms with Gasteiger partial charge in [-0.05, 0) is 25.5 Å². The molecule has 0 bridgehead atoms. The van der Waals surface area contributed by atoms with E-state index >= 15 is 0 Å². The van der Waals surface area contributed by atoms with Gasteiger partial charge in [0.05, 0.1) is 16.4 Å². The fourth-order valence-corrected chi connectivity index (χ4v) is 2.82. The molecule has 0 unspecified atom stereocenters. The number of rotatable bonds is 5. The molecule has 0 saturated heterocycles. The summed E-state index contributed by atoms with van der Waals surface area (Å²) in [6.45, 7) is 4.32. The molecule has 0 aliphatic carbocycles. The second-order valence-corrected chi connectivity index (χ2v) is 6.24. The number of halogens is 2. The molecule has 0 saturated carbocycles. The number of hydrogen-bond donors (Lipinski definition) is 1. The SMILES string of the molecule is CCc1nn(C)c(COc2cc(Br)ccc2[C@H](C)N)c1Cl. The summed E-state index contributed by atoms with van der Waals surface area (Å²) in [7, 11) is 1.87. The summed E-state index contributed by atoms with van der Waals surface area (Å²) in [6, 6.07) is 5.75. The molecule has 0 fully saturated rings. The molecule has 114 valence electrons. The van der Waals surface area contributed by atoms with Gasteiger partial charge in [-0.3, -0.25) is 4.68 Å². The number of nitrogens with two attached hydrogens (primary N) is 1. The van der Waals surface area contributed by atoms with Gasteiger partial charge in [-0.2, -0.15) is 5.10 Å². The lowest BCUT2D eigenvalue weighted by Crippen LogP contribution is -2.09. The van der Waals surface area contributed by atoms with Crippen molar-refractivity contribution in [2.75, 3.05) is 0 Å². The second kappa shape index (κ2) is 6.81. The molecule has 1 atom stereocenters. The molecule has 2 aromatic rings. The zero-order chi connectivity index (χ0) is 15.6. The molecule has 1 aromatic heterocycles. The van der Waals surface area contributed by atoms with Crippen LogP contribution in [0.25, 0.3) is 0 Å². The van der Waals surface area contributed by atoms with Crippen molar-refractivity contribution in [2.24, 2.45) is 12.8 Å². The zero-order valence-corrected chi connectivity index (χ0v) is 14.7. The molecule has 1 heterocycles. The normalized spacial score (nSPS) is 12.5. The standard InChI is InChI=1S/C15H19BrClN3O/c1-4-12-15(17)13(20(3)19-12)8-21-14-7-10(16)5-6-11(14)9(2)18/h5-7,9H,4,8,18H2,1-3H3/t9-/m0/s1. The summed E-state index contributed by atoms with van der Waals surface area (Å²) in [4.78, 5) is 0. The summed E-state index contributed by atoms with van der Waals surface area (Å²) in [5, 5.41) is 5.06. The average Bonchev–Trinajstić information content (AvgIpc) is 2.71. The van der Waals surface area contributed by atoms with Crippen molar-refractivity contribution in [2.45, 2.75) is 32.9 Å². The van der Waals surface area contributed by atoms with E-state index in [-0.39, 0.29) is 6.04 Å². The monoisotopic (exact) mass is 371 g/mol. The fourth-order valence-electron chi connectivity index (χ4n) is 2.13. The predicted octanol–water partition coefficient (Wildman–Crippen LogP) is 4.00. The van der Waals surface area contributed by atoms with E-state index < -0.39 is 0 Å². The van der Waals surface area contributed by atoms with Gasteiger partial charge >= 0.3 is 0 Å². The maximum atomic E-state index is 6.33. The van der Waals surface area contributed by atoms with E-state index in [1.165, 1.54) is 0 Å². The minimum absolute atomic E-state index is 0.0960. The predicted molar refractivity (Wildman–Crippen MR) is 88.7 cm³/mol. The number of nitrogens with zero attached hydrogens (tertiary/aromatic N) is 2. The molecule has 0 amide bonds. The van der Waals surface area contributed by atoms with Crippen LogP contribution in [0.15, 0.2) is 22.7 Å². The van der Waals surface area contributed by atoms with E-state index in [4.69, 9.17) is 22.1 Å². The highest BCUT2D eigenvalue weighted by atomic mass is 79.9. The van der Waals surface area contributed by atoms with Crippen molar-refractivity contribution in [1.82, 2.24) is 9.78 Å². The Morgan fingerprint density at radius 2 is 2.19 bits per heavy atom. The van der Waals surface area contributed by atoms with Crippen LogP contribution in [0, 0.1) is 0 Å². The smallest absolute Gasteiger partial charge is 0.131 e. The molecule has 0 aliphatic rings. The van der Waals surface area contributed by atoms with E-state index in [1.807, 2.05) is 39.1 Å². The Morgan fingerprint density at radius 3 is 2.76 bits per heavy atom. The van der Waals surface area contributed by atoms with E-state index in [0.717, 1.165) is 33.6 Å². The summed E-state index contributed by atoms with van der Waals surface area (Å²) in [5.41, 5.74) is 8.70. The van der Waals surface area contributed by atoms with Crippen molar-refractivity contribution in [1.29, 1.82) is 0 Å². The van der Waals surface area contributed by atoms with E-state index in [0.29, 0.717) is 11.6 Å². The lowest BCUT2D eigenvalue weighted by molar-refractivity contribution is 0.290. The highest BCUT2D eigenvalue weighted by molar-refractivity contribution is 9.10. The van der Waals surface area contributed by atoms with Gasteiger partial charge in [-0.1, -0.05) is 40.5 Å². The number of hydrogen-bond acceptors (Lipinski definition) is 3. The Morgan fingerprint density at radius 1 is 1.48 bits per heavy atom. The summed E-state index contributed by atoms with van der Waals surface area (Å²) < 4.78 is 8.65. The van der Waals surface area contributed by atoms with Crippen molar-refractivity contribution in [3.8, 4) is 5.75 Å².